The van der Waals surface area contributed by atoms with Crippen molar-refractivity contribution in [2.75, 3.05) is 13.7 Å². The van der Waals surface area contributed by atoms with Gasteiger partial charge in [-0.2, -0.15) is 0 Å². The Kier molecular flexibility index (Phi) is 5.21. The summed E-state index contributed by atoms with van der Waals surface area (Å²) >= 11 is 13.7. The molecular formula is C20H14Cl2N2O3S. The van der Waals surface area contributed by atoms with Crippen molar-refractivity contribution in [1.29, 1.82) is 0 Å². The molecule has 8 heteroatoms. The van der Waals surface area contributed by atoms with Gasteiger partial charge in [-0.1, -0.05) is 35.3 Å². The molecule has 4 aromatic rings. The molecule has 4 rings (SSSR count). The maximum atomic E-state index is 13.3. The minimum absolute atomic E-state index is 0.0774. The molecule has 28 heavy (non-hydrogen) atoms. The molecule has 0 aliphatic heterocycles. The Balaban J connectivity index is 2.12. The van der Waals surface area contributed by atoms with Gasteiger partial charge in [-0.05, 0) is 30.3 Å². The zero-order valence-electron chi connectivity index (χ0n) is 14.7. The van der Waals surface area contributed by atoms with Crippen molar-refractivity contribution in [2.45, 2.75) is 6.54 Å². The van der Waals surface area contributed by atoms with Gasteiger partial charge in [-0.3, -0.25) is 14.2 Å². The first-order valence-corrected chi connectivity index (χ1v) is 9.99. The Hall–Kier alpha value is -2.25. The molecule has 2 aromatic heterocycles. The molecule has 0 radical (unpaired) electrons. The van der Waals surface area contributed by atoms with Gasteiger partial charge in [0.2, 0.25) is 5.43 Å². The largest absolute Gasteiger partial charge is 0.383 e. The van der Waals surface area contributed by atoms with Crippen LogP contribution in [0.1, 0.15) is 0 Å². The highest BCUT2D eigenvalue weighted by Gasteiger charge is 2.19. The fraction of sp³-hybridized carbons (Fsp3) is 0.150. The van der Waals surface area contributed by atoms with Crippen LogP contribution in [0, 0.1) is 0 Å². The number of methoxy groups -OCH3 is 1. The number of hydrogen-bond acceptors (Lipinski definition) is 5. The molecule has 0 spiro atoms. The summed E-state index contributed by atoms with van der Waals surface area (Å²) in [6.45, 7) is 0.528. The highest BCUT2D eigenvalue weighted by molar-refractivity contribution is 7.24. The van der Waals surface area contributed by atoms with Gasteiger partial charge < -0.3 is 4.74 Å². The number of ether oxygens (including phenoxy) is 1. The second kappa shape index (κ2) is 7.64. The summed E-state index contributed by atoms with van der Waals surface area (Å²) in [5, 5.41) is 1.44. The molecule has 0 saturated heterocycles. The molecule has 0 aliphatic carbocycles. The summed E-state index contributed by atoms with van der Waals surface area (Å²) in [5.41, 5.74) is -0.161. The van der Waals surface area contributed by atoms with Gasteiger partial charge in [-0.25, -0.2) is 4.98 Å². The standard InChI is InChI=1S/C20H14Cl2N2O3S/c1-27-9-8-24-18(12-7-6-11(21)10-14(12)22)23-19-16(20(24)26)17(25)13-4-2-3-5-15(13)28-19/h2-7,10H,8-9H2,1H3. The van der Waals surface area contributed by atoms with Gasteiger partial charge in [0.25, 0.3) is 5.56 Å². The van der Waals surface area contributed by atoms with Crippen LogP contribution < -0.4 is 11.0 Å². The van der Waals surface area contributed by atoms with Crippen LogP contribution in [-0.4, -0.2) is 23.3 Å². The van der Waals surface area contributed by atoms with E-state index in [1.807, 2.05) is 12.1 Å². The zero-order valence-corrected chi connectivity index (χ0v) is 17.1. The molecule has 0 amide bonds. The molecule has 0 N–H and O–H groups in total. The number of halogens is 2. The number of fused-ring (bicyclic) bond motifs is 2. The third-order valence-electron chi connectivity index (χ3n) is 4.39. The monoisotopic (exact) mass is 432 g/mol. The first kappa shape index (κ1) is 19.1. The highest BCUT2D eigenvalue weighted by atomic mass is 35.5. The first-order chi connectivity index (χ1) is 13.5. The third-order valence-corrected chi connectivity index (χ3v) is 6.00. The van der Waals surface area contributed by atoms with E-state index in [1.54, 1.807) is 37.4 Å². The SMILES string of the molecule is COCCn1c(-c2ccc(Cl)cc2Cl)nc2sc3ccccc3c(=O)c2c1=O. The van der Waals surface area contributed by atoms with E-state index in [2.05, 4.69) is 4.98 Å². The molecule has 0 fully saturated rings. The van der Waals surface area contributed by atoms with Crippen LogP contribution in [0.4, 0.5) is 0 Å². The van der Waals surface area contributed by atoms with Crippen LogP contribution in [0.2, 0.25) is 10.0 Å². The number of aromatic nitrogens is 2. The summed E-state index contributed by atoms with van der Waals surface area (Å²) in [6.07, 6.45) is 0. The van der Waals surface area contributed by atoms with Crippen LogP contribution in [0.25, 0.3) is 31.7 Å². The van der Waals surface area contributed by atoms with E-state index >= 15 is 0 Å². The van der Waals surface area contributed by atoms with E-state index in [-0.39, 0.29) is 24.0 Å². The van der Waals surface area contributed by atoms with Gasteiger partial charge in [0.05, 0.1) is 18.2 Å². The molecule has 0 atom stereocenters. The van der Waals surface area contributed by atoms with E-state index in [1.165, 1.54) is 15.9 Å². The first-order valence-electron chi connectivity index (χ1n) is 8.42. The van der Waals surface area contributed by atoms with Gasteiger partial charge in [0.15, 0.2) is 0 Å². The fourth-order valence-electron chi connectivity index (χ4n) is 3.05. The second-order valence-corrected chi connectivity index (χ2v) is 7.99. The molecule has 2 heterocycles. The highest BCUT2D eigenvalue weighted by Crippen LogP contribution is 2.30. The normalized spacial score (nSPS) is 11.4. The molecule has 0 unspecified atom stereocenters. The summed E-state index contributed by atoms with van der Waals surface area (Å²) < 4.78 is 7.34. The smallest absolute Gasteiger partial charge is 0.266 e. The van der Waals surface area contributed by atoms with E-state index < -0.39 is 5.56 Å². The zero-order chi connectivity index (χ0) is 19.8. The number of nitrogens with zero attached hydrogens (tertiary/aromatic N) is 2. The maximum Gasteiger partial charge on any atom is 0.266 e. The van der Waals surface area contributed by atoms with Crippen molar-refractivity contribution in [3.8, 4) is 11.4 Å². The van der Waals surface area contributed by atoms with Crippen LogP contribution in [0.15, 0.2) is 52.1 Å². The molecular weight excluding hydrogens is 419 g/mol. The summed E-state index contributed by atoms with van der Waals surface area (Å²) in [7, 11) is 1.54. The maximum absolute atomic E-state index is 13.3. The van der Waals surface area contributed by atoms with Gasteiger partial charge in [-0.15, -0.1) is 11.3 Å². The lowest BCUT2D eigenvalue weighted by Gasteiger charge is -2.14. The van der Waals surface area contributed by atoms with Crippen molar-refractivity contribution in [3.05, 3.63) is 73.1 Å². The van der Waals surface area contributed by atoms with Crippen molar-refractivity contribution in [3.63, 3.8) is 0 Å². The Bertz CT molecular complexity index is 1330. The van der Waals surface area contributed by atoms with Crippen molar-refractivity contribution in [2.24, 2.45) is 0 Å². The summed E-state index contributed by atoms with van der Waals surface area (Å²) in [6, 6.07) is 12.2. The average Bonchev–Trinajstić information content (AvgIpc) is 2.67. The second-order valence-electron chi connectivity index (χ2n) is 6.12. The quantitative estimate of drug-likeness (QED) is 0.442. The minimum atomic E-state index is -0.407. The van der Waals surface area contributed by atoms with E-state index in [4.69, 9.17) is 27.9 Å². The fourth-order valence-corrected chi connectivity index (χ4v) is 4.58. The van der Waals surface area contributed by atoms with Crippen molar-refractivity contribution < 1.29 is 4.74 Å². The van der Waals surface area contributed by atoms with E-state index in [9.17, 15) is 9.59 Å². The molecule has 0 bridgehead atoms. The molecule has 5 nitrogen and oxygen atoms in total. The number of rotatable bonds is 4. The summed E-state index contributed by atoms with van der Waals surface area (Å²) in [4.78, 5) is 31.3. The topological polar surface area (TPSA) is 61.2 Å². The molecule has 0 aliphatic rings. The Morgan fingerprint density at radius 1 is 1.14 bits per heavy atom. The number of benzene rings is 2. The van der Waals surface area contributed by atoms with Crippen LogP contribution in [0.5, 0.6) is 0 Å². The molecule has 2 aromatic carbocycles. The van der Waals surface area contributed by atoms with Crippen molar-refractivity contribution >= 4 is 54.8 Å². The lowest BCUT2D eigenvalue weighted by Crippen LogP contribution is -2.28. The van der Waals surface area contributed by atoms with E-state index in [0.717, 1.165) is 4.70 Å². The molecule has 0 saturated carbocycles. The average molecular weight is 433 g/mol. The van der Waals surface area contributed by atoms with Gasteiger partial charge in [0, 0.05) is 27.8 Å². The minimum Gasteiger partial charge on any atom is -0.383 e. The Morgan fingerprint density at radius 2 is 1.93 bits per heavy atom. The summed E-state index contributed by atoms with van der Waals surface area (Å²) in [5.74, 6) is 0.377. The predicted octanol–water partition coefficient (Wildman–Crippen LogP) is 4.59. The number of hydrogen-bond donors (Lipinski definition) is 0. The lowest BCUT2D eigenvalue weighted by molar-refractivity contribution is 0.186. The Labute approximate surface area is 173 Å². The third kappa shape index (κ3) is 3.22. The van der Waals surface area contributed by atoms with Crippen molar-refractivity contribution in [1.82, 2.24) is 9.55 Å². The Morgan fingerprint density at radius 3 is 2.68 bits per heavy atom. The van der Waals surface area contributed by atoms with E-state index in [0.29, 0.717) is 31.6 Å². The van der Waals surface area contributed by atoms with Crippen LogP contribution in [-0.2, 0) is 11.3 Å². The lowest BCUT2D eigenvalue weighted by atomic mass is 10.2. The van der Waals surface area contributed by atoms with Gasteiger partial charge >= 0.3 is 0 Å². The predicted molar refractivity (Wildman–Crippen MR) is 115 cm³/mol. The van der Waals surface area contributed by atoms with Gasteiger partial charge in [0.1, 0.15) is 16.0 Å². The van der Waals surface area contributed by atoms with Crippen LogP contribution >= 0.6 is 34.5 Å². The van der Waals surface area contributed by atoms with Crippen LogP contribution in [0.3, 0.4) is 0 Å². The molecule has 142 valence electrons.